The molecule has 0 spiro atoms. The molecule has 3 unspecified atom stereocenters. The van der Waals surface area contributed by atoms with Crippen LogP contribution >= 0.6 is 24.0 Å². The molecule has 0 amide bonds. The standard InChI is InChI=1S/C13H25N3O.HI/c1-3-5-8-15-13(14-4-2)16-11-9-10-6-7-12(11)17-10;/h10-12H,3-9H2,1-2H3,(H2,14,15,16);1H. The van der Waals surface area contributed by atoms with Gasteiger partial charge in [-0.3, -0.25) is 4.99 Å². The fraction of sp³-hybridized carbons (Fsp3) is 0.923. The number of hydrogen-bond donors (Lipinski definition) is 2. The second-order valence-electron chi connectivity index (χ2n) is 4.97. The predicted molar refractivity (Wildman–Crippen MR) is 85.7 cm³/mol. The molecule has 0 saturated carbocycles. The minimum Gasteiger partial charge on any atom is -0.373 e. The number of nitrogens with zero attached hydrogens (tertiary/aromatic N) is 1. The third kappa shape index (κ3) is 4.26. The number of hydrogen-bond acceptors (Lipinski definition) is 2. The fourth-order valence-electron chi connectivity index (χ4n) is 2.63. The molecule has 0 aromatic rings. The van der Waals surface area contributed by atoms with E-state index in [0.717, 1.165) is 31.9 Å². The van der Waals surface area contributed by atoms with Crippen LogP contribution in [0.25, 0.3) is 0 Å². The molecule has 0 aliphatic carbocycles. The summed E-state index contributed by atoms with van der Waals surface area (Å²) in [6.07, 6.45) is 6.85. The van der Waals surface area contributed by atoms with E-state index in [4.69, 9.17) is 4.74 Å². The first kappa shape index (κ1) is 16.0. The van der Waals surface area contributed by atoms with Crippen LogP contribution in [0.2, 0.25) is 0 Å². The summed E-state index contributed by atoms with van der Waals surface area (Å²) in [6.45, 7) is 6.13. The zero-order valence-electron chi connectivity index (χ0n) is 11.4. The summed E-state index contributed by atoms with van der Waals surface area (Å²) in [5.41, 5.74) is 0. The molecule has 3 atom stereocenters. The number of ether oxygens (including phenoxy) is 1. The zero-order valence-corrected chi connectivity index (χ0v) is 13.8. The first-order valence-electron chi connectivity index (χ1n) is 7.03. The van der Waals surface area contributed by atoms with Crippen molar-refractivity contribution in [2.75, 3.05) is 13.1 Å². The Labute approximate surface area is 127 Å². The van der Waals surface area contributed by atoms with Crippen LogP contribution in [-0.4, -0.2) is 37.3 Å². The summed E-state index contributed by atoms with van der Waals surface area (Å²) in [7, 11) is 0. The fourth-order valence-corrected chi connectivity index (χ4v) is 2.63. The van der Waals surface area contributed by atoms with Crippen molar-refractivity contribution >= 4 is 29.9 Å². The number of guanidine groups is 1. The van der Waals surface area contributed by atoms with Crippen molar-refractivity contribution in [1.29, 1.82) is 0 Å². The molecule has 2 heterocycles. The van der Waals surface area contributed by atoms with Gasteiger partial charge in [0.15, 0.2) is 5.96 Å². The average molecular weight is 367 g/mol. The Balaban J connectivity index is 0.00000162. The minimum atomic E-state index is 0. The number of rotatable bonds is 5. The van der Waals surface area contributed by atoms with Crippen LogP contribution in [0.15, 0.2) is 4.99 Å². The Morgan fingerprint density at radius 2 is 2.17 bits per heavy atom. The molecule has 2 bridgehead atoms. The molecule has 5 heteroatoms. The first-order valence-corrected chi connectivity index (χ1v) is 7.03. The third-order valence-corrected chi connectivity index (χ3v) is 3.55. The van der Waals surface area contributed by atoms with Gasteiger partial charge in [-0.2, -0.15) is 0 Å². The maximum Gasteiger partial charge on any atom is 0.191 e. The first-order chi connectivity index (χ1) is 8.33. The van der Waals surface area contributed by atoms with Gasteiger partial charge in [0, 0.05) is 13.1 Å². The SMILES string of the molecule is CCCCN=C(NCC)NC1CC2CCC1O2.I. The van der Waals surface area contributed by atoms with E-state index in [0.29, 0.717) is 18.2 Å². The van der Waals surface area contributed by atoms with Crippen LogP contribution in [0.5, 0.6) is 0 Å². The van der Waals surface area contributed by atoms with Gasteiger partial charge in [0.25, 0.3) is 0 Å². The smallest absolute Gasteiger partial charge is 0.191 e. The van der Waals surface area contributed by atoms with Crippen molar-refractivity contribution in [1.82, 2.24) is 10.6 Å². The quantitative estimate of drug-likeness (QED) is 0.339. The highest BCUT2D eigenvalue weighted by Gasteiger charge is 2.40. The molecular formula is C13H26IN3O. The summed E-state index contributed by atoms with van der Waals surface area (Å²) in [5.74, 6) is 0.960. The predicted octanol–water partition coefficient (Wildman–Crippen LogP) is 2.28. The molecule has 2 saturated heterocycles. The van der Waals surface area contributed by atoms with Crippen LogP contribution in [0.4, 0.5) is 0 Å². The summed E-state index contributed by atoms with van der Waals surface area (Å²) in [6, 6.07) is 0.466. The summed E-state index contributed by atoms with van der Waals surface area (Å²) < 4.78 is 5.84. The van der Waals surface area contributed by atoms with Crippen molar-refractivity contribution in [2.45, 2.75) is 64.2 Å². The van der Waals surface area contributed by atoms with Gasteiger partial charge < -0.3 is 15.4 Å². The lowest BCUT2D eigenvalue weighted by Crippen LogP contribution is -2.47. The van der Waals surface area contributed by atoms with E-state index in [9.17, 15) is 0 Å². The molecule has 2 aliphatic heterocycles. The van der Waals surface area contributed by atoms with Gasteiger partial charge in [0.05, 0.1) is 18.2 Å². The lowest BCUT2D eigenvalue weighted by atomic mass is 9.96. The van der Waals surface area contributed by atoms with Crippen LogP contribution < -0.4 is 10.6 Å². The normalized spacial score (nSPS) is 30.1. The zero-order chi connectivity index (χ0) is 12.1. The van der Waals surface area contributed by atoms with Gasteiger partial charge in [-0.1, -0.05) is 13.3 Å². The highest BCUT2D eigenvalue weighted by atomic mass is 127. The highest BCUT2D eigenvalue weighted by Crippen LogP contribution is 2.34. The average Bonchev–Trinajstić information content (AvgIpc) is 2.91. The Morgan fingerprint density at radius 1 is 1.33 bits per heavy atom. The molecule has 18 heavy (non-hydrogen) atoms. The third-order valence-electron chi connectivity index (χ3n) is 3.55. The maximum atomic E-state index is 5.84. The van der Waals surface area contributed by atoms with E-state index < -0.39 is 0 Å². The van der Waals surface area contributed by atoms with Gasteiger partial charge in [-0.25, -0.2) is 0 Å². The van der Waals surface area contributed by atoms with Crippen molar-refractivity contribution in [3.63, 3.8) is 0 Å². The van der Waals surface area contributed by atoms with Crippen molar-refractivity contribution < 1.29 is 4.74 Å². The maximum absolute atomic E-state index is 5.84. The van der Waals surface area contributed by atoms with Crippen LogP contribution in [0, 0.1) is 0 Å². The molecule has 0 aromatic carbocycles. The molecule has 2 aliphatic rings. The van der Waals surface area contributed by atoms with Crippen molar-refractivity contribution in [3.05, 3.63) is 0 Å². The minimum absolute atomic E-state index is 0. The monoisotopic (exact) mass is 367 g/mol. The van der Waals surface area contributed by atoms with E-state index >= 15 is 0 Å². The van der Waals surface area contributed by atoms with Crippen LogP contribution in [-0.2, 0) is 4.74 Å². The molecule has 2 fully saturated rings. The topological polar surface area (TPSA) is 45.7 Å². The number of fused-ring (bicyclic) bond motifs is 2. The molecular weight excluding hydrogens is 341 g/mol. The van der Waals surface area contributed by atoms with Gasteiger partial charge in [-0.15, -0.1) is 24.0 Å². The second-order valence-corrected chi connectivity index (χ2v) is 4.97. The van der Waals surface area contributed by atoms with Crippen LogP contribution in [0.1, 0.15) is 46.0 Å². The summed E-state index contributed by atoms with van der Waals surface area (Å²) in [5, 5.41) is 6.83. The highest BCUT2D eigenvalue weighted by molar-refractivity contribution is 14.0. The Hall–Kier alpha value is -0.0400. The van der Waals surface area contributed by atoms with E-state index in [1.807, 2.05) is 0 Å². The van der Waals surface area contributed by atoms with Gasteiger partial charge in [0.2, 0.25) is 0 Å². The van der Waals surface area contributed by atoms with Gasteiger partial charge in [-0.05, 0) is 32.6 Å². The molecule has 106 valence electrons. The number of unbranched alkanes of at least 4 members (excludes halogenated alkanes) is 1. The Morgan fingerprint density at radius 3 is 2.72 bits per heavy atom. The largest absolute Gasteiger partial charge is 0.373 e. The van der Waals surface area contributed by atoms with Crippen molar-refractivity contribution in [2.24, 2.45) is 4.99 Å². The van der Waals surface area contributed by atoms with Crippen molar-refractivity contribution in [3.8, 4) is 0 Å². The van der Waals surface area contributed by atoms with E-state index in [2.05, 4.69) is 29.5 Å². The Kier molecular flexibility index (Phi) is 7.29. The summed E-state index contributed by atoms with van der Waals surface area (Å²) >= 11 is 0. The van der Waals surface area contributed by atoms with E-state index in [1.54, 1.807) is 0 Å². The molecule has 0 aromatic heterocycles. The number of halogens is 1. The number of aliphatic imine (C=N–C) groups is 1. The molecule has 0 radical (unpaired) electrons. The van der Waals surface area contributed by atoms with E-state index in [1.165, 1.54) is 19.3 Å². The Bertz CT molecular complexity index is 273. The second kappa shape index (κ2) is 8.19. The molecule has 2 N–H and O–H groups in total. The van der Waals surface area contributed by atoms with E-state index in [-0.39, 0.29) is 24.0 Å². The molecule has 4 nitrogen and oxygen atoms in total. The lowest BCUT2D eigenvalue weighted by molar-refractivity contribution is 0.0992. The lowest BCUT2D eigenvalue weighted by Gasteiger charge is -2.22. The van der Waals surface area contributed by atoms with Gasteiger partial charge >= 0.3 is 0 Å². The number of nitrogens with one attached hydrogen (secondary N) is 2. The van der Waals surface area contributed by atoms with Gasteiger partial charge in [0.1, 0.15) is 0 Å². The van der Waals surface area contributed by atoms with Crippen LogP contribution in [0.3, 0.4) is 0 Å². The summed E-state index contributed by atoms with van der Waals surface area (Å²) in [4.78, 5) is 4.59. The molecule has 2 rings (SSSR count).